The van der Waals surface area contributed by atoms with Crippen LogP contribution < -0.4 is 0 Å². The fourth-order valence-corrected chi connectivity index (χ4v) is 2.95. The molecular weight excluding hydrogens is 254 g/mol. The standard InChI is InChI=1S/C13H22ClNO3/c14-6-7-15(11-4-2-1-3-5-11)13(16)12-10-17-8-9-18-12/h11-12H,1-10H2. The van der Waals surface area contributed by atoms with Crippen LogP contribution in [0.2, 0.25) is 0 Å². The number of alkyl halides is 1. The van der Waals surface area contributed by atoms with Crippen LogP contribution in [0.3, 0.4) is 0 Å². The van der Waals surface area contributed by atoms with Crippen LogP contribution in [0.25, 0.3) is 0 Å². The third-order valence-corrected chi connectivity index (χ3v) is 3.88. The Morgan fingerprint density at radius 3 is 2.61 bits per heavy atom. The van der Waals surface area contributed by atoms with Gasteiger partial charge in [0.05, 0.1) is 19.8 Å². The summed E-state index contributed by atoms with van der Waals surface area (Å²) in [6.45, 7) is 2.09. The lowest BCUT2D eigenvalue weighted by Gasteiger charge is -2.36. The van der Waals surface area contributed by atoms with Gasteiger partial charge in [-0.3, -0.25) is 4.79 Å². The molecule has 1 aliphatic heterocycles. The van der Waals surface area contributed by atoms with Crippen molar-refractivity contribution in [2.45, 2.75) is 44.2 Å². The number of carbonyl (C=O) groups is 1. The van der Waals surface area contributed by atoms with Gasteiger partial charge in [-0.1, -0.05) is 19.3 Å². The number of amides is 1. The van der Waals surface area contributed by atoms with Gasteiger partial charge in [0.25, 0.3) is 5.91 Å². The first-order valence-corrected chi connectivity index (χ1v) is 7.42. The van der Waals surface area contributed by atoms with E-state index in [4.69, 9.17) is 21.1 Å². The van der Waals surface area contributed by atoms with E-state index in [1.54, 1.807) is 0 Å². The minimum absolute atomic E-state index is 0.0576. The zero-order chi connectivity index (χ0) is 12.8. The zero-order valence-electron chi connectivity index (χ0n) is 10.8. The van der Waals surface area contributed by atoms with Crippen LogP contribution in [-0.2, 0) is 14.3 Å². The van der Waals surface area contributed by atoms with Gasteiger partial charge in [-0.2, -0.15) is 0 Å². The summed E-state index contributed by atoms with van der Waals surface area (Å²) in [4.78, 5) is 14.4. The highest BCUT2D eigenvalue weighted by Gasteiger charge is 2.32. The largest absolute Gasteiger partial charge is 0.376 e. The monoisotopic (exact) mass is 275 g/mol. The lowest BCUT2D eigenvalue weighted by Crippen LogP contribution is -2.50. The number of rotatable bonds is 4. The average Bonchev–Trinajstić information content (AvgIpc) is 2.46. The van der Waals surface area contributed by atoms with Gasteiger partial charge in [0.1, 0.15) is 0 Å². The van der Waals surface area contributed by atoms with Crippen LogP contribution in [0.4, 0.5) is 0 Å². The topological polar surface area (TPSA) is 38.8 Å². The number of hydrogen-bond acceptors (Lipinski definition) is 3. The lowest BCUT2D eigenvalue weighted by atomic mass is 9.94. The molecule has 4 nitrogen and oxygen atoms in total. The van der Waals surface area contributed by atoms with Crippen molar-refractivity contribution in [3.05, 3.63) is 0 Å². The summed E-state index contributed by atoms with van der Waals surface area (Å²) >= 11 is 5.83. The second-order valence-corrected chi connectivity index (χ2v) is 5.32. The Morgan fingerprint density at radius 1 is 1.22 bits per heavy atom. The van der Waals surface area contributed by atoms with E-state index in [0.717, 1.165) is 12.8 Å². The van der Waals surface area contributed by atoms with E-state index >= 15 is 0 Å². The highest BCUT2D eigenvalue weighted by Crippen LogP contribution is 2.23. The first-order chi connectivity index (χ1) is 8.83. The first kappa shape index (κ1) is 14.1. The maximum absolute atomic E-state index is 12.4. The van der Waals surface area contributed by atoms with Gasteiger partial charge >= 0.3 is 0 Å². The maximum atomic E-state index is 12.4. The molecule has 0 N–H and O–H groups in total. The average molecular weight is 276 g/mol. The molecule has 2 fully saturated rings. The number of carbonyl (C=O) groups excluding carboxylic acids is 1. The molecule has 0 bridgehead atoms. The molecule has 18 heavy (non-hydrogen) atoms. The Labute approximate surface area is 114 Å². The van der Waals surface area contributed by atoms with E-state index in [1.165, 1.54) is 19.3 Å². The highest BCUT2D eigenvalue weighted by molar-refractivity contribution is 6.18. The minimum atomic E-state index is -0.427. The SMILES string of the molecule is O=C(C1COCCO1)N(CCCl)C1CCCCC1. The predicted octanol–water partition coefficient (Wildman–Crippen LogP) is 1.80. The second kappa shape index (κ2) is 7.31. The van der Waals surface area contributed by atoms with Crippen molar-refractivity contribution in [2.75, 3.05) is 32.2 Å². The van der Waals surface area contributed by atoms with Crippen molar-refractivity contribution >= 4 is 17.5 Å². The van der Waals surface area contributed by atoms with Crippen LogP contribution in [0, 0.1) is 0 Å². The van der Waals surface area contributed by atoms with Gasteiger partial charge < -0.3 is 14.4 Å². The van der Waals surface area contributed by atoms with E-state index in [9.17, 15) is 4.79 Å². The van der Waals surface area contributed by atoms with Gasteiger partial charge in [0, 0.05) is 18.5 Å². The molecular formula is C13H22ClNO3. The molecule has 1 heterocycles. The van der Waals surface area contributed by atoms with Gasteiger partial charge in [-0.15, -0.1) is 11.6 Å². The number of hydrogen-bond donors (Lipinski definition) is 0. The van der Waals surface area contributed by atoms with Crippen molar-refractivity contribution in [1.29, 1.82) is 0 Å². The Balaban J connectivity index is 1.96. The molecule has 0 aromatic rings. The molecule has 1 saturated heterocycles. The van der Waals surface area contributed by atoms with Crippen LogP contribution in [-0.4, -0.2) is 55.2 Å². The van der Waals surface area contributed by atoms with Crippen molar-refractivity contribution < 1.29 is 14.3 Å². The fourth-order valence-electron chi connectivity index (χ4n) is 2.77. The molecule has 1 unspecified atom stereocenters. The molecule has 1 aliphatic carbocycles. The smallest absolute Gasteiger partial charge is 0.254 e. The third-order valence-electron chi connectivity index (χ3n) is 3.72. The van der Waals surface area contributed by atoms with Gasteiger partial charge in [0.15, 0.2) is 6.10 Å². The minimum Gasteiger partial charge on any atom is -0.376 e. The van der Waals surface area contributed by atoms with Crippen LogP contribution in [0.15, 0.2) is 0 Å². The van der Waals surface area contributed by atoms with Crippen LogP contribution in [0.5, 0.6) is 0 Å². The first-order valence-electron chi connectivity index (χ1n) is 6.88. The van der Waals surface area contributed by atoms with E-state index in [0.29, 0.717) is 38.3 Å². The summed E-state index contributed by atoms with van der Waals surface area (Å²) in [5.41, 5.74) is 0. The Hall–Kier alpha value is -0.320. The van der Waals surface area contributed by atoms with Gasteiger partial charge in [-0.05, 0) is 12.8 Å². The Kier molecular flexibility index (Phi) is 5.73. The molecule has 0 radical (unpaired) electrons. The molecule has 1 amide bonds. The fraction of sp³-hybridized carbons (Fsp3) is 0.923. The molecule has 0 aromatic heterocycles. The van der Waals surface area contributed by atoms with Crippen LogP contribution >= 0.6 is 11.6 Å². The quantitative estimate of drug-likeness (QED) is 0.735. The van der Waals surface area contributed by atoms with Crippen molar-refractivity contribution in [3.63, 3.8) is 0 Å². The molecule has 0 spiro atoms. The summed E-state index contributed by atoms with van der Waals surface area (Å²) in [6, 6.07) is 0.343. The summed E-state index contributed by atoms with van der Waals surface area (Å²) in [5.74, 6) is 0.540. The zero-order valence-corrected chi connectivity index (χ0v) is 11.5. The molecule has 5 heteroatoms. The Bertz CT molecular complexity index is 263. The molecule has 0 aromatic carbocycles. The maximum Gasteiger partial charge on any atom is 0.254 e. The van der Waals surface area contributed by atoms with Crippen molar-refractivity contribution in [2.24, 2.45) is 0 Å². The summed E-state index contributed by atoms with van der Waals surface area (Å²) < 4.78 is 10.8. The van der Waals surface area contributed by atoms with E-state index in [-0.39, 0.29) is 5.91 Å². The summed E-state index contributed by atoms with van der Waals surface area (Å²) in [6.07, 6.45) is 5.45. The highest BCUT2D eigenvalue weighted by atomic mass is 35.5. The van der Waals surface area contributed by atoms with Crippen LogP contribution in [0.1, 0.15) is 32.1 Å². The van der Waals surface area contributed by atoms with E-state index in [1.807, 2.05) is 4.90 Å². The van der Waals surface area contributed by atoms with E-state index in [2.05, 4.69) is 0 Å². The van der Waals surface area contributed by atoms with Crippen molar-refractivity contribution in [3.8, 4) is 0 Å². The molecule has 104 valence electrons. The van der Waals surface area contributed by atoms with E-state index < -0.39 is 6.10 Å². The summed E-state index contributed by atoms with van der Waals surface area (Å²) in [7, 11) is 0. The molecule has 2 rings (SSSR count). The molecule has 1 saturated carbocycles. The third kappa shape index (κ3) is 3.59. The Morgan fingerprint density at radius 2 is 2.00 bits per heavy atom. The lowest BCUT2D eigenvalue weighted by molar-refractivity contribution is -0.160. The predicted molar refractivity (Wildman–Crippen MR) is 69.9 cm³/mol. The molecule has 1 atom stereocenters. The van der Waals surface area contributed by atoms with Gasteiger partial charge in [-0.25, -0.2) is 0 Å². The second-order valence-electron chi connectivity index (χ2n) is 4.95. The number of halogens is 1. The number of nitrogens with zero attached hydrogens (tertiary/aromatic N) is 1. The number of ether oxygens (including phenoxy) is 2. The molecule has 2 aliphatic rings. The normalized spacial score (nSPS) is 25.9. The van der Waals surface area contributed by atoms with Crippen molar-refractivity contribution in [1.82, 2.24) is 4.90 Å². The van der Waals surface area contributed by atoms with Gasteiger partial charge in [0.2, 0.25) is 0 Å². The summed E-state index contributed by atoms with van der Waals surface area (Å²) in [5, 5.41) is 0.